The monoisotopic (exact) mass is 549 g/mol. The van der Waals surface area contributed by atoms with Crippen LogP contribution in [0.2, 0.25) is 0 Å². The van der Waals surface area contributed by atoms with Gasteiger partial charge in [0.15, 0.2) is 0 Å². The van der Waals surface area contributed by atoms with Crippen LogP contribution < -0.4 is 9.62 Å². The number of hydrogen-bond donors (Lipinski definition) is 1. The molecule has 2 atom stereocenters. The van der Waals surface area contributed by atoms with E-state index in [0.29, 0.717) is 5.69 Å². The highest BCUT2D eigenvalue weighted by Crippen LogP contribution is 2.28. The van der Waals surface area contributed by atoms with Crippen LogP contribution in [0, 0.1) is 20.8 Å². The highest BCUT2D eigenvalue weighted by atomic mass is 32.2. The fraction of sp³-hybridized carbons (Fsp3) is 0.355. The van der Waals surface area contributed by atoms with Crippen molar-refractivity contribution in [1.82, 2.24) is 10.2 Å². The molecule has 0 aliphatic rings. The molecule has 0 spiro atoms. The summed E-state index contributed by atoms with van der Waals surface area (Å²) in [6.07, 6.45) is 0.750. The molecule has 39 heavy (non-hydrogen) atoms. The third kappa shape index (κ3) is 7.47. The van der Waals surface area contributed by atoms with Gasteiger partial charge in [0.2, 0.25) is 11.8 Å². The summed E-state index contributed by atoms with van der Waals surface area (Å²) in [4.78, 5) is 28.7. The fourth-order valence-electron chi connectivity index (χ4n) is 4.28. The smallest absolute Gasteiger partial charge is 0.264 e. The van der Waals surface area contributed by atoms with E-state index in [2.05, 4.69) is 5.32 Å². The molecule has 1 N–H and O–H groups in total. The number of hydrogen-bond acceptors (Lipinski definition) is 4. The third-order valence-corrected chi connectivity index (χ3v) is 8.62. The van der Waals surface area contributed by atoms with Crippen LogP contribution in [-0.2, 0) is 26.2 Å². The van der Waals surface area contributed by atoms with E-state index in [1.807, 2.05) is 71.0 Å². The van der Waals surface area contributed by atoms with E-state index in [1.165, 1.54) is 17.0 Å². The van der Waals surface area contributed by atoms with Gasteiger partial charge in [0.05, 0.1) is 10.6 Å². The highest BCUT2D eigenvalue weighted by molar-refractivity contribution is 7.92. The molecule has 0 saturated heterocycles. The van der Waals surface area contributed by atoms with Gasteiger partial charge in [-0.05, 0) is 75.9 Å². The van der Waals surface area contributed by atoms with E-state index in [-0.39, 0.29) is 23.4 Å². The van der Waals surface area contributed by atoms with E-state index in [4.69, 9.17) is 0 Å². The van der Waals surface area contributed by atoms with Crippen molar-refractivity contribution in [1.29, 1.82) is 0 Å². The summed E-state index contributed by atoms with van der Waals surface area (Å²) >= 11 is 0. The Labute approximate surface area is 232 Å². The minimum Gasteiger partial charge on any atom is -0.352 e. The van der Waals surface area contributed by atoms with E-state index in [1.54, 1.807) is 31.2 Å². The zero-order valence-corrected chi connectivity index (χ0v) is 24.5. The molecule has 0 unspecified atom stereocenters. The maximum atomic E-state index is 14.0. The Morgan fingerprint density at radius 2 is 1.54 bits per heavy atom. The predicted octanol–water partition coefficient (Wildman–Crippen LogP) is 5.14. The average Bonchev–Trinajstić information content (AvgIpc) is 2.91. The van der Waals surface area contributed by atoms with E-state index < -0.39 is 28.5 Å². The summed E-state index contributed by atoms with van der Waals surface area (Å²) in [6.45, 7) is 10.9. The van der Waals surface area contributed by atoms with Gasteiger partial charge in [-0.25, -0.2) is 8.42 Å². The summed E-state index contributed by atoms with van der Waals surface area (Å²) in [5.41, 5.74) is 3.91. The van der Waals surface area contributed by atoms with Gasteiger partial charge in [-0.1, -0.05) is 67.1 Å². The molecule has 0 heterocycles. The van der Waals surface area contributed by atoms with Crippen molar-refractivity contribution in [3.8, 4) is 0 Å². The molecule has 3 aromatic carbocycles. The van der Waals surface area contributed by atoms with Gasteiger partial charge in [-0.3, -0.25) is 13.9 Å². The summed E-state index contributed by atoms with van der Waals surface area (Å²) in [6, 6.07) is 20.5. The van der Waals surface area contributed by atoms with Crippen molar-refractivity contribution in [2.24, 2.45) is 0 Å². The minimum atomic E-state index is -4.09. The van der Waals surface area contributed by atoms with Gasteiger partial charge in [-0.15, -0.1) is 0 Å². The molecule has 0 bridgehead atoms. The molecule has 0 aromatic heterocycles. The molecule has 0 aliphatic carbocycles. The lowest BCUT2D eigenvalue weighted by Gasteiger charge is -2.33. The number of rotatable bonds is 11. The van der Waals surface area contributed by atoms with Crippen molar-refractivity contribution < 1.29 is 18.0 Å². The summed E-state index contributed by atoms with van der Waals surface area (Å²) in [7, 11) is -4.09. The van der Waals surface area contributed by atoms with Crippen LogP contribution in [0.1, 0.15) is 49.4 Å². The fourth-order valence-corrected chi connectivity index (χ4v) is 5.77. The third-order valence-electron chi connectivity index (χ3n) is 6.85. The Bertz CT molecular complexity index is 1410. The largest absolute Gasteiger partial charge is 0.352 e. The molecule has 8 heteroatoms. The second kappa shape index (κ2) is 12.9. The minimum absolute atomic E-state index is 0.0548. The standard InChI is InChI=1S/C31H39N3O4S/c1-7-25(5)32-31(36)26(6)33(20-27-13-11-12-22(2)18-27)30(35)21-34(29-19-23(3)16-17-24(29)4)39(37,38)28-14-9-8-10-15-28/h8-19,25-26H,7,20-21H2,1-6H3,(H,32,36)/t25-,26-/m0/s1. The first kappa shape index (κ1) is 29.9. The molecular weight excluding hydrogens is 510 g/mol. The van der Waals surface area contributed by atoms with E-state index >= 15 is 0 Å². The Morgan fingerprint density at radius 3 is 2.18 bits per heavy atom. The van der Waals surface area contributed by atoms with Gasteiger partial charge in [-0.2, -0.15) is 0 Å². The number of nitrogens with one attached hydrogen (secondary N) is 1. The Balaban J connectivity index is 2.06. The molecule has 0 radical (unpaired) electrons. The molecule has 3 rings (SSSR count). The maximum Gasteiger partial charge on any atom is 0.264 e. The summed E-state index contributed by atoms with van der Waals surface area (Å²) in [5, 5.41) is 2.95. The molecule has 3 aromatic rings. The highest BCUT2D eigenvalue weighted by Gasteiger charge is 2.33. The molecule has 0 fully saturated rings. The number of nitrogens with zero attached hydrogens (tertiary/aromatic N) is 2. The molecule has 2 amide bonds. The van der Waals surface area contributed by atoms with Crippen molar-refractivity contribution in [2.45, 2.75) is 71.5 Å². The van der Waals surface area contributed by atoms with Crippen molar-refractivity contribution in [3.05, 3.63) is 95.1 Å². The predicted molar refractivity (Wildman–Crippen MR) is 156 cm³/mol. The Morgan fingerprint density at radius 1 is 0.872 bits per heavy atom. The SMILES string of the molecule is CC[C@H](C)NC(=O)[C@H](C)N(Cc1cccc(C)c1)C(=O)CN(c1cc(C)ccc1C)S(=O)(=O)c1ccccc1. The van der Waals surface area contributed by atoms with E-state index in [9.17, 15) is 18.0 Å². The molecule has 208 valence electrons. The molecule has 7 nitrogen and oxygen atoms in total. The second-order valence-electron chi connectivity index (χ2n) is 10.1. The van der Waals surface area contributed by atoms with Crippen LogP contribution in [-0.4, -0.2) is 43.8 Å². The van der Waals surface area contributed by atoms with Gasteiger partial charge in [0.25, 0.3) is 10.0 Å². The molecule has 0 saturated carbocycles. The van der Waals surface area contributed by atoms with Crippen molar-refractivity contribution >= 4 is 27.5 Å². The number of carbonyl (C=O) groups excluding carboxylic acids is 2. The quantitative estimate of drug-likeness (QED) is 0.359. The van der Waals surface area contributed by atoms with Crippen LogP contribution in [0.4, 0.5) is 5.69 Å². The number of benzene rings is 3. The lowest BCUT2D eigenvalue weighted by Crippen LogP contribution is -2.52. The first-order valence-electron chi connectivity index (χ1n) is 13.2. The van der Waals surface area contributed by atoms with Gasteiger partial charge in [0, 0.05) is 12.6 Å². The zero-order chi connectivity index (χ0) is 28.7. The Hall–Kier alpha value is -3.65. The van der Waals surface area contributed by atoms with E-state index in [0.717, 1.165) is 33.0 Å². The Kier molecular flexibility index (Phi) is 9.92. The second-order valence-corrected chi connectivity index (χ2v) is 12.0. The lowest BCUT2D eigenvalue weighted by molar-refractivity contribution is -0.139. The van der Waals surface area contributed by atoms with Crippen LogP contribution >= 0.6 is 0 Å². The molecule has 0 aliphatic heterocycles. The topological polar surface area (TPSA) is 86.8 Å². The van der Waals surface area contributed by atoms with Gasteiger partial charge in [0.1, 0.15) is 12.6 Å². The summed E-state index contributed by atoms with van der Waals surface area (Å²) < 4.78 is 29.0. The summed E-state index contributed by atoms with van der Waals surface area (Å²) in [5.74, 6) is -0.752. The number of anilines is 1. The van der Waals surface area contributed by atoms with Gasteiger partial charge < -0.3 is 10.2 Å². The number of sulfonamides is 1. The maximum absolute atomic E-state index is 14.0. The van der Waals surface area contributed by atoms with Crippen LogP contribution in [0.15, 0.2) is 77.7 Å². The van der Waals surface area contributed by atoms with Crippen LogP contribution in [0.25, 0.3) is 0 Å². The van der Waals surface area contributed by atoms with Crippen molar-refractivity contribution in [2.75, 3.05) is 10.8 Å². The van der Waals surface area contributed by atoms with Crippen LogP contribution in [0.3, 0.4) is 0 Å². The molecular formula is C31H39N3O4S. The zero-order valence-electron chi connectivity index (χ0n) is 23.6. The van der Waals surface area contributed by atoms with Gasteiger partial charge >= 0.3 is 0 Å². The average molecular weight is 550 g/mol. The lowest BCUT2D eigenvalue weighted by atomic mass is 10.1. The van der Waals surface area contributed by atoms with Crippen molar-refractivity contribution in [3.63, 3.8) is 0 Å². The first-order chi connectivity index (χ1) is 18.4. The normalized spacial score (nSPS) is 12.9. The first-order valence-corrected chi connectivity index (χ1v) is 14.7. The number of carbonyl (C=O) groups is 2. The van der Waals surface area contributed by atoms with Crippen LogP contribution in [0.5, 0.6) is 0 Å². The number of aryl methyl sites for hydroxylation is 3. The number of amides is 2.